The van der Waals surface area contributed by atoms with Crippen LogP contribution in [0.15, 0.2) is 71.3 Å². The van der Waals surface area contributed by atoms with Crippen molar-refractivity contribution < 1.29 is 8.78 Å². The van der Waals surface area contributed by atoms with Crippen molar-refractivity contribution in [2.75, 3.05) is 0 Å². The lowest BCUT2D eigenvalue weighted by atomic mass is 9.90. The first-order valence-electron chi connectivity index (χ1n) is 10.7. The monoisotopic (exact) mass is 470 g/mol. The van der Waals surface area contributed by atoms with Crippen LogP contribution in [0.4, 0.5) is 8.78 Å². The molecule has 0 amide bonds. The van der Waals surface area contributed by atoms with Crippen molar-refractivity contribution in [2.24, 2.45) is 0 Å². The molecule has 2 aliphatic carbocycles. The molecule has 0 N–H and O–H groups in total. The lowest BCUT2D eigenvalue weighted by molar-refractivity contribution is 0.751. The molecular formula is C28H12F2N6. The molecule has 2 aliphatic rings. The van der Waals surface area contributed by atoms with E-state index in [1.54, 1.807) is 48.5 Å². The molecule has 168 valence electrons. The van der Waals surface area contributed by atoms with E-state index in [1.165, 1.54) is 12.4 Å². The second kappa shape index (κ2) is 8.73. The number of halogens is 2. The van der Waals surface area contributed by atoms with Gasteiger partial charge in [0.15, 0.2) is 0 Å². The van der Waals surface area contributed by atoms with Gasteiger partial charge >= 0.3 is 5.82 Å². The van der Waals surface area contributed by atoms with E-state index in [2.05, 4.69) is 19.7 Å². The fourth-order valence-electron chi connectivity index (χ4n) is 4.78. The highest BCUT2D eigenvalue weighted by atomic mass is 19.1. The van der Waals surface area contributed by atoms with Gasteiger partial charge in [0.1, 0.15) is 42.5 Å². The van der Waals surface area contributed by atoms with Crippen molar-refractivity contribution in [3.63, 3.8) is 0 Å². The topological polar surface area (TPSA) is 82.1 Å². The average molecular weight is 470 g/mol. The number of hydrogen-bond donors (Lipinski definition) is 0. The van der Waals surface area contributed by atoms with Crippen LogP contribution in [0, 0.1) is 35.8 Å². The predicted octanol–water partition coefficient (Wildman–Crippen LogP) is 4.47. The molecule has 0 spiro atoms. The van der Waals surface area contributed by atoms with Gasteiger partial charge in [-0.15, -0.1) is 0 Å². The van der Waals surface area contributed by atoms with Gasteiger partial charge in [0, 0.05) is 52.4 Å². The van der Waals surface area contributed by atoms with Gasteiger partial charge in [-0.3, -0.25) is 9.97 Å². The summed E-state index contributed by atoms with van der Waals surface area (Å²) in [6, 6.07) is 13.6. The van der Waals surface area contributed by atoms with E-state index in [4.69, 9.17) is 13.1 Å². The van der Waals surface area contributed by atoms with E-state index in [-0.39, 0.29) is 40.0 Å². The molecule has 8 heteroatoms. The first kappa shape index (κ1) is 22.4. The second-order valence-electron chi connectivity index (χ2n) is 7.97. The number of pyridine rings is 2. The number of nitriles is 2. The van der Waals surface area contributed by atoms with Gasteiger partial charge in [0.25, 0.3) is 0 Å². The van der Waals surface area contributed by atoms with Gasteiger partial charge in [-0.1, -0.05) is 12.1 Å². The van der Waals surface area contributed by atoms with Crippen molar-refractivity contribution in [3.8, 4) is 34.7 Å². The third-order valence-electron chi connectivity index (χ3n) is 6.23. The number of nitrogens with zero attached hydrogens (tertiary/aromatic N) is 6. The lowest BCUT2D eigenvalue weighted by Gasteiger charge is -2.14. The number of hydrogen-bond acceptors (Lipinski definition) is 4. The molecule has 2 aromatic heterocycles. The summed E-state index contributed by atoms with van der Waals surface area (Å²) in [7, 11) is 0. The van der Waals surface area contributed by atoms with E-state index < -0.39 is 17.5 Å². The van der Waals surface area contributed by atoms with E-state index >= 15 is 8.78 Å². The Morgan fingerprint density at radius 2 is 1.25 bits per heavy atom. The van der Waals surface area contributed by atoms with Gasteiger partial charge in [0.2, 0.25) is 0 Å². The van der Waals surface area contributed by atoms with E-state index in [0.29, 0.717) is 33.6 Å². The summed E-state index contributed by atoms with van der Waals surface area (Å²) in [5.41, 5.74) is 1.58. The molecule has 0 aliphatic heterocycles. The Labute approximate surface area is 204 Å². The Bertz CT molecular complexity index is 1660. The molecule has 36 heavy (non-hydrogen) atoms. The SMILES string of the molecule is [C-]#[N+]C([N+]#[C-])=C1Cc2c(-c3ccccn3)c3c(c(-c4ccccn4)c2=C1F)CC(=C(C#N)C#N)C=3F. The summed E-state index contributed by atoms with van der Waals surface area (Å²) in [5.74, 6) is -1.90. The number of benzene rings is 1. The zero-order valence-corrected chi connectivity index (χ0v) is 18.5. The van der Waals surface area contributed by atoms with Crippen molar-refractivity contribution in [1.82, 2.24) is 9.97 Å². The molecule has 0 saturated heterocycles. The van der Waals surface area contributed by atoms with Crippen LogP contribution in [0.1, 0.15) is 11.1 Å². The molecular weight excluding hydrogens is 458 g/mol. The van der Waals surface area contributed by atoms with E-state index in [0.717, 1.165) is 0 Å². The molecule has 6 nitrogen and oxygen atoms in total. The lowest BCUT2D eigenvalue weighted by Crippen LogP contribution is -2.24. The first-order chi connectivity index (χ1) is 17.5. The smallest absolute Gasteiger partial charge is 0.256 e. The molecule has 5 rings (SSSR count). The molecule has 0 bridgehead atoms. The summed E-state index contributed by atoms with van der Waals surface area (Å²) in [4.78, 5) is 15.2. The highest BCUT2D eigenvalue weighted by Crippen LogP contribution is 2.39. The minimum Gasteiger partial charge on any atom is -0.256 e. The van der Waals surface area contributed by atoms with Crippen LogP contribution in [0.3, 0.4) is 0 Å². The molecule has 0 saturated carbocycles. The minimum atomic E-state index is -0.753. The van der Waals surface area contributed by atoms with Crippen molar-refractivity contribution >= 4 is 11.7 Å². The molecule has 0 radical (unpaired) electrons. The average Bonchev–Trinajstić information content (AvgIpc) is 3.43. The van der Waals surface area contributed by atoms with Crippen molar-refractivity contribution in [2.45, 2.75) is 12.8 Å². The summed E-state index contributed by atoms with van der Waals surface area (Å²) in [6.45, 7) is 14.7. The van der Waals surface area contributed by atoms with Crippen LogP contribution >= 0.6 is 0 Å². The zero-order valence-electron chi connectivity index (χ0n) is 18.5. The van der Waals surface area contributed by atoms with E-state index in [1.807, 2.05) is 0 Å². The van der Waals surface area contributed by atoms with Gasteiger partial charge in [-0.25, -0.2) is 8.78 Å². The normalized spacial score (nSPS) is 13.3. The van der Waals surface area contributed by atoms with Crippen LogP contribution < -0.4 is 10.4 Å². The highest BCUT2D eigenvalue weighted by molar-refractivity contribution is 5.88. The Morgan fingerprint density at radius 3 is 1.67 bits per heavy atom. The van der Waals surface area contributed by atoms with Crippen LogP contribution in [-0.2, 0) is 12.8 Å². The molecule has 0 unspecified atom stereocenters. The molecule has 0 atom stereocenters. The zero-order chi connectivity index (χ0) is 25.4. The Hall–Kier alpha value is -5.44. The standard InChI is InChI=1S/C28H12F2N6/c1-33-28(34-2)19-12-18-23(21-8-4-6-10-36-21)24-17(11-16(26(24)29)15(13-31)14-32)22(25(18)27(19)30)20-7-3-5-9-35-20/h3-10H,11-12H2. The molecule has 0 fully saturated rings. The van der Waals surface area contributed by atoms with Crippen molar-refractivity contribution in [3.05, 3.63) is 116 Å². The predicted molar refractivity (Wildman–Crippen MR) is 127 cm³/mol. The van der Waals surface area contributed by atoms with Crippen LogP contribution in [-0.4, -0.2) is 9.97 Å². The van der Waals surface area contributed by atoms with Gasteiger partial charge in [-0.05, 0) is 35.4 Å². The maximum Gasteiger partial charge on any atom is 0.525 e. The Morgan fingerprint density at radius 1 is 0.778 bits per heavy atom. The summed E-state index contributed by atoms with van der Waals surface area (Å²) in [6.07, 6.45) is 2.81. The summed E-state index contributed by atoms with van der Waals surface area (Å²) in [5, 5.41) is 19.1. The number of fused-ring (bicyclic) bond motifs is 2. The fraction of sp³-hybridized carbons (Fsp3) is 0.0714. The summed E-state index contributed by atoms with van der Waals surface area (Å²) < 4.78 is 32.2. The highest BCUT2D eigenvalue weighted by Gasteiger charge is 2.36. The summed E-state index contributed by atoms with van der Waals surface area (Å²) >= 11 is 0. The molecule has 2 heterocycles. The second-order valence-corrected chi connectivity index (χ2v) is 7.97. The van der Waals surface area contributed by atoms with Gasteiger partial charge in [0.05, 0.1) is 17.0 Å². The minimum absolute atomic E-state index is 0.0704. The maximum atomic E-state index is 16.1. The van der Waals surface area contributed by atoms with Crippen molar-refractivity contribution in [1.29, 1.82) is 10.5 Å². The number of allylic oxidation sites excluding steroid dienone is 3. The maximum absolute atomic E-state index is 16.1. The van der Waals surface area contributed by atoms with Crippen LogP contribution in [0.5, 0.6) is 0 Å². The molecule has 1 aromatic carbocycles. The first-order valence-corrected chi connectivity index (χ1v) is 10.7. The van der Waals surface area contributed by atoms with Gasteiger partial charge in [-0.2, -0.15) is 20.2 Å². The third-order valence-corrected chi connectivity index (χ3v) is 6.23. The third kappa shape index (κ3) is 3.18. The Balaban J connectivity index is 2.08. The number of rotatable bonds is 2. The fourth-order valence-corrected chi connectivity index (χ4v) is 4.78. The van der Waals surface area contributed by atoms with E-state index in [9.17, 15) is 10.5 Å². The van der Waals surface area contributed by atoms with Gasteiger partial charge < -0.3 is 0 Å². The largest absolute Gasteiger partial charge is 0.525 e. The van der Waals surface area contributed by atoms with Crippen LogP contribution in [0.2, 0.25) is 0 Å². The quantitative estimate of drug-likeness (QED) is 0.409. The number of aromatic nitrogens is 2. The van der Waals surface area contributed by atoms with Crippen LogP contribution in [0.25, 0.3) is 43.9 Å². The molecule has 3 aromatic rings. The Kier molecular flexibility index (Phi) is 5.42.